The van der Waals surface area contributed by atoms with Crippen molar-refractivity contribution in [2.45, 2.75) is 26.0 Å². The topological polar surface area (TPSA) is 122 Å². The van der Waals surface area contributed by atoms with Crippen molar-refractivity contribution in [3.63, 3.8) is 0 Å². The molecular weight excluding hydrogens is 827 g/mol. The fourth-order valence-corrected chi connectivity index (χ4v) is 9.04. The van der Waals surface area contributed by atoms with Crippen LogP contribution < -0.4 is 19.5 Å². The summed E-state index contributed by atoms with van der Waals surface area (Å²) in [4.78, 5) is 32.5. The minimum absolute atomic E-state index is 0.0785. The molecule has 7 aromatic rings. The zero-order valence-corrected chi connectivity index (χ0v) is 36.2. The van der Waals surface area contributed by atoms with Gasteiger partial charge in [0, 0.05) is 72.1 Å². The lowest BCUT2D eigenvalue weighted by Gasteiger charge is -2.32. The molecule has 1 saturated heterocycles. The number of aromatic nitrogens is 3. The number of rotatable bonds is 16. The van der Waals surface area contributed by atoms with E-state index in [0.29, 0.717) is 51.8 Å². The molecule has 1 aliphatic heterocycles. The van der Waals surface area contributed by atoms with E-state index in [0.717, 1.165) is 75.5 Å². The number of nitrogens with zero attached hydrogens (tertiary/aromatic N) is 5. The third-order valence-electron chi connectivity index (χ3n) is 11.0. The van der Waals surface area contributed by atoms with E-state index in [2.05, 4.69) is 27.1 Å². The molecule has 8 rings (SSSR count). The molecule has 11 nitrogen and oxygen atoms in total. The van der Waals surface area contributed by atoms with Crippen LogP contribution in [-0.4, -0.2) is 95.4 Å². The molecule has 1 fully saturated rings. The van der Waals surface area contributed by atoms with Gasteiger partial charge in [0.1, 0.15) is 48.1 Å². The number of ether oxygens (including phenoxy) is 3. The summed E-state index contributed by atoms with van der Waals surface area (Å²) in [7, 11) is 3.74. The van der Waals surface area contributed by atoms with Gasteiger partial charge < -0.3 is 29.5 Å². The number of anilines is 1. The van der Waals surface area contributed by atoms with Gasteiger partial charge in [0.15, 0.2) is 5.82 Å². The fraction of sp³-hybridized carbons (Fsp3) is 0.250. The number of aliphatic carboxylic acids is 1. The first kappa shape index (κ1) is 42.6. The first-order valence-corrected chi connectivity index (χ1v) is 21.5. The molecule has 14 heteroatoms. The van der Waals surface area contributed by atoms with Crippen LogP contribution in [0.15, 0.2) is 109 Å². The summed E-state index contributed by atoms with van der Waals surface area (Å²) >= 11 is 8.60. The number of pyridine rings is 1. The zero-order chi connectivity index (χ0) is 43.2. The van der Waals surface area contributed by atoms with Crippen LogP contribution in [0.2, 0.25) is 5.02 Å². The standard InChI is InChI=1S/C48H46ClFN6O5S/c1-30-35(16-17-40(44(30)49)60-27-26-56-24-22-55(2)23-25-56)42-43-41(62-45(42)31-12-14-33(50)15-13-31)19-21-52-47(43)54-37(48(57)58)28-32-8-4-6-10-38(32)61-29-34-18-20-51-46(53-34)36-9-5-7-11-39(36)59-3/h4-21,37H,22-29H2,1-3H3,(H,52,54)(H,57,58)/t37-/m0/s1. The highest BCUT2D eigenvalue weighted by Gasteiger charge is 2.27. The number of carbonyl (C=O) groups is 1. The number of halogens is 2. The zero-order valence-electron chi connectivity index (χ0n) is 34.6. The van der Waals surface area contributed by atoms with Crippen LogP contribution in [0.3, 0.4) is 0 Å². The summed E-state index contributed by atoms with van der Waals surface area (Å²) < 4.78 is 33.1. The Hall–Kier alpha value is -6.12. The molecule has 0 amide bonds. The predicted molar refractivity (Wildman–Crippen MR) is 243 cm³/mol. The number of likely N-dealkylation sites (N-methyl/N-ethyl adjacent to an activating group) is 1. The lowest BCUT2D eigenvalue weighted by Crippen LogP contribution is -2.45. The molecule has 0 bridgehead atoms. The second kappa shape index (κ2) is 19.3. The van der Waals surface area contributed by atoms with Crippen molar-refractivity contribution in [1.82, 2.24) is 24.8 Å². The Morgan fingerprint density at radius 3 is 2.40 bits per heavy atom. The molecule has 2 N–H and O–H groups in total. The van der Waals surface area contributed by atoms with Crippen molar-refractivity contribution in [1.29, 1.82) is 0 Å². The Labute approximate surface area is 368 Å². The molecule has 1 atom stereocenters. The average molecular weight is 873 g/mol. The lowest BCUT2D eigenvalue weighted by molar-refractivity contribution is -0.137. The summed E-state index contributed by atoms with van der Waals surface area (Å²) in [6.45, 7) is 7.41. The lowest BCUT2D eigenvalue weighted by atomic mass is 9.95. The molecule has 0 saturated carbocycles. The van der Waals surface area contributed by atoms with Gasteiger partial charge in [-0.3, -0.25) is 4.90 Å². The first-order valence-electron chi connectivity index (χ1n) is 20.3. The van der Waals surface area contributed by atoms with Crippen LogP contribution in [0.25, 0.3) is 43.0 Å². The number of carboxylic acid groups (broad SMARTS) is 1. The Morgan fingerprint density at radius 2 is 1.63 bits per heavy atom. The van der Waals surface area contributed by atoms with Gasteiger partial charge in [-0.1, -0.05) is 60.1 Å². The summed E-state index contributed by atoms with van der Waals surface area (Å²) in [5.41, 5.74) is 5.31. The number of thiophene rings is 1. The Morgan fingerprint density at radius 1 is 0.887 bits per heavy atom. The Kier molecular flexibility index (Phi) is 13.2. The maximum absolute atomic E-state index is 14.2. The molecule has 0 aliphatic carbocycles. The fourth-order valence-electron chi connectivity index (χ4n) is 7.60. The van der Waals surface area contributed by atoms with E-state index >= 15 is 0 Å². The highest BCUT2D eigenvalue weighted by Crippen LogP contribution is 2.49. The third kappa shape index (κ3) is 9.51. The normalized spacial score (nSPS) is 13.8. The quantitative estimate of drug-likeness (QED) is 0.0966. The van der Waals surface area contributed by atoms with Crippen molar-refractivity contribution >= 4 is 44.8 Å². The van der Waals surface area contributed by atoms with Crippen molar-refractivity contribution in [2.24, 2.45) is 0 Å². The second-order valence-electron chi connectivity index (χ2n) is 15.1. The van der Waals surface area contributed by atoms with Crippen LogP contribution in [0.4, 0.5) is 10.2 Å². The predicted octanol–water partition coefficient (Wildman–Crippen LogP) is 9.51. The molecule has 1 aliphatic rings. The number of hydrogen-bond donors (Lipinski definition) is 2. The van der Waals surface area contributed by atoms with E-state index in [4.69, 9.17) is 35.8 Å². The monoisotopic (exact) mass is 872 g/mol. The van der Waals surface area contributed by atoms with Gasteiger partial charge in [-0.2, -0.15) is 0 Å². The second-order valence-corrected chi connectivity index (χ2v) is 16.5. The van der Waals surface area contributed by atoms with Gasteiger partial charge >= 0.3 is 5.97 Å². The van der Waals surface area contributed by atoms with E-state index in [1.165, 1.54) is 23.5 Å². The van der Waals surface area contributed by atoms with Gasteiger partial charge in [0.05, 0.1) is 23.4 Å². The molecule has 62 heavy (non-hydrogen) atoms. The van der Waals surface area contributed by atoms with Crippen LogP contribution in [0, 0.1) is 12.7 Å². The number of fused-ring (bicyclic) bond motifs is 1. The van der Waals surface area contributed by atoms with Crippen LogP contribution in [0.1, 0.15) is 16.8 Å². The maximum Gasteiger partial charge on any atom is 0.326 e. The van der Waals surface area contributed by atoms with Gasteiger partial charge in [0.2, 0.25) is 0 Å². The number of benzene rings is 4. The SMILES string of the molecule is COc1ccccc1-c1nccc(COc2ccccc2C[C@H](Nc2nccc3sc(-c4ccc(F)cc4)c(-c4ccc(OCCN5CCN(C)CC5)c(Cl)c4C)c23)C(=O)O)n1. The van der Waals surface area contributed by atoms with Gasteiger partial charge in [0.25, 0.3) is 0 Å². The van der Waals surface area contributed by atoms with Crippen LogP contribution in [-0.2, 0) is 17.8 Å². The number of piperazine rings is 1. The first-order chi connectivity index (χ1) is 30.2. The largest absolute Gasteiger partial charge is 0.496 e. The minimum atomic E-state index is -1.10. The molecule has 0 radical (unpaired) electrons. The van der Waals surface area contributed by atoms with Gasteiger partial charge in [-0.15, -0.1) is 11.3 Å². The van der Waals surface area contributed by atoms with E-state index in [9.17, 15) is 14.3 Å². The van der Waals surface area contributed by atoms with Crippen molar-refractivity contribution < 1.29 is 28.5 Å². The summed E-state index contributed by atoms with van der Waals surface area (Å²) in [6.07, 6.45) is 3.41. The average Bonchev–Trinajstić information content (AvgIpc) is 3.68. The van der Waals surface area contributed by atoms with E-state index in [-0.39, 0.29) is 18.8 Å². The highest BCUT2D eigenvalue weighted by molar-refractivity contribution is 7.23. The number of nitrogens with one attached hydrogen (secondary N) is 1. The maximum atomic E-state index is 14.2. The molecular formula is C48H46ClFN6O5S. The number of para-hydroxylation sites is 2. The number of methoxy groups -OCH3 is 1. The van der Waals surface area contributed by atoms with Gasteiger partial charge in [-0.25, -0.2) is 24.1 Å². The van der Waals surface area contributed by atoms with Crippen molar-refractivity contribution in [2.75, 3.05) is 58.8 Å². The third-order valence-corrected chi connectivity index (χ3v) is 12.7. The highest BCUT2D eigenvalue weighted by atomic mass is 35.5. The van der Waals surface area contributed by atoms with Crippen LogP contribution >= 0.6 is 22.9 Å². The van der Waals surface area contributed by atoms with Gasteiger partial charge in [-0.05, 0) is 84.8 Å². The minimum Gasteiger partial charge on any atom is -0.496 e. The van der Waals surface area contributed by atoms with E-state index in [1.807, 2.05) is 73.7 Å². The Balaban J connectivity index is 1.08. The number of carboxylic acids is 1. The molecule has 3 aromatic heterocycles. The summed E-state index contributed by atoms with van der Waals surface area (Å²) in [6, 6.07) is 27.7. The summed E-state index contributed by atoms with van der Waals surface area (Å²) in [5, 5.41) is 15.2. The van der Waals surface area contributed by atoms with Crippen molar-refractivity contribution in [3.8, 4) is 50.2 Å². The molecule has 4 heterocycles. The summed E-state index contributed by atoms with van der Waals surface area (Å²) in [5.74, 6) is 1.25. The van der Waals surface area contributed by atoms with Crippen molar-refractivity contribution in [3.05, 3.63) is 137 Å². The Bertz CT molecular complexity index is 2690. The number of hydrogen-bond acceptors (Lipinski definition) is 11. The van der Waals surface area contributed by atoms with Crippen LogP contribution in [0.5, 0.6) is 17.2 Å². The van der Waals surface area contributed by atoms with E-state index < -0.39 is 12.0 Å². The molecule has 4 aromatic carbocycles. The molecule has 318 valence electrons. The van der Waals surface area contributed by atoms with E-state index in [1.54, 1.807) is 37.7 Å². The molecule has 0 spiro atoms. The smallest absolute Gasteiger partial charge is 0.326 e. The molecule has 0 unspecified atom stereocenters.